The molecule has 0 spiro atoms. The Morgan fingerprint density at radius 3 is 2.59 bits per heavy atom. The second-order valence-corrected chi connectivity index (χ2v) is 8.52. The monoisotopic (exact) mass is 493 g/mol. The number of aromatic hydroxyl groups is 1. The fourth-order valence-corrected chi connectivity index (χ4v) is 4.36. The molecule has 0 aliphatic rings. The largest absolute Gasteiger partial charge is 0.505 e. The first-order valence-electron chi connectivity index (χ1n) is 10.2. The van der Waals surface area contributed by atoms with Crippen LogP contribution in [-0.4, -0.2) is 30.3 Å². The smallest absolute Gasteiger partial charge is 0.263 e. The normalized spacial score (nSPS) is 11.3. The average Bonchev–Trinajstić information content (AvgIpc) is 3.14. The highest BCUT2D eigenvalue weighted by molar-refractivity contribution is 6.37. The van der Waals surface area contributed by atoms with Crippen LogP contribution in [0.1, 0.15) is 16.1 Å². The quantitative estimate of drug-likeness (QED) is 0.381. The predicted octanol–water partition coefficient (Wildman–Crippen LogP) is 4.60. The van der Waals surface area contributed by atoms with Gasteiger partial charge in [0.1, 0.15) is 0 Å². The van der Waals surface area contributed by atoms with Crippen LogP contribution >= 0.6 is 23.2 Å². The van der Waals surface area contributed by atoms with Crippen LogP contribution in [0.15, 0.2) is 65.7 Å². The second-order valence-electron chi connectivity index (χ2n) is 7.71. The first-order chi connectivity index (χ1) is 16.3. The molecule has 0 atom stereocenters. The topological polar surface area (TPSA) is 102 Å². The Morgan fingerprint density at radius 1 is 1.09 bits per heavy atom. The maximum Gasteiger partial charge on any atom is 0.263 e. The Labute approximate surface area is 203 Å². The molecule has 170 valence electrons. The fourth-order valence-electron chi connectivity index (χ4n) is 3.88. The zero-order valence-corrected chi connectivity index (χ0v) is 19.3. The minimum atomic E-state index is -0.540. The summed E-state index contributed by atoms with van der Waals surface area (Å²) in [6, 6.07) is 15.4. The van der Waals surface area contributed by atoms with Gasteiger partial charge in [-0.3, -0.25) is 18.8 Å². The third kappa shape index (κ3) is 3.76. The molecule has 0 saturated carbocycles. The number of rotatable bonds is 4. The van der Waals surface area contributed by atoms with Crippen molar-refractivity contribution in [3.05, 3.63) is 92.6 Å². The van der Waals surface area contributed by atoms with Gasteiger partial charge in [0.25, 0.3) is 11.5 Å². The number of benzene rings is 3. The van der Waals surface area contributed by atoms with E-state index in [0.29, 0.717) is 11.2 Å². The molecule has 34 heavy (non-hydrogen) atoms. The average molecular weight is 494 g/mol. The fraction of sp³-hybridized carbons (Fsp3) is 0.0833. The molecule has 2 heterocycles. The number of halogens is 2. The van der Waals surface area contributed by atoms with E-state index in [1.165, 1.54) is 23.0 Å². The third-order valence-corrected chi connectivity index (χ3v) is 6.11. The van der Waals surface area contributed by atoms with Gasteiger partial charge in [-0.15, -0.1) is 0 Å². The third-order valence-electron chi connectivity index (χ3n) is 5.54. The van der Waals surface area contributed by atoms with E-state index in [4.69, 9.17) is 23.2 Å². The van der Waals surface area contributed by atoms with Crippen LogP contribution in [0, 0.1) is 0 Å². The van der Waals surface area contributed by atoms with Crippen molar-refractivity contribution in [3.63, 3.8) is 0 Å². The Balaban J connectivity index is 1.55. The van der Waals surface area contributed by atoms with Crippen LogP contribution in [0.3, 0.4) is 0 Å². The number of hydrogen-bond donors (Lipinski definition) is 2. The molecule has 10 heteroatoms. The molecule has 2 N–H and O–H groups in total. The maximum atomic E-state index is 13.4. The summed E-state index contributed by atoms with van der Waals surface area (Å²) in [5.41, 5.74) is 2.23. The van der Waals surface area contributed by atoms with Crippen molar-refractivity contribution in [2.75, 3.05) is 5.32 Å². The van der Waals surface area contributed by atoms with Crippen LogP contribution in [-0.2, 0) is 13.6 Å². The van der Waals surface area contributed by atoms with Gasteiger partial charge in [0.15, 0.2) is 5.75 Å². The van der Waals surface area contributed by atoms with Gasteiger partial charge in [0, 0.05) is 18.0 Å². The van der Waals surface area contributed by atoms with Crippen LogP contribution in [0.25, 0.3) is 21.8 Å². The lowest BCUT2D eigenvalue weighted by atomic mass is 10.1. The van der Waals surface area contributed by atoms with E-state index in [-0.39, 0.29) is 38.8 Å². The summed E-state index contributed by atoms with van der Waals surface area (Å²) in [7, 11) is 1.85. The molecule has 8 nitrogen and oxygen atoms in total. The first-order valence-corrected chi connectivity index (χ1v) is 11.0. The minimum Gasteiger partial charge on any atom is -0.505 e. The number of carbonyl (C=O) groups excluding carboxylic acids is 1. The van der Waals surface area contributed by atoms with E-state index in [1.54, 1.807) is 22.9 Å². The standard InChI is InChI=1S/C24H17Cl2N5O3/c1-30-20-8-3-2-5-14(20)19(29-30)11-31-12-27-17-6-4-7-18(21(17)24(31)34)28-23(33)13-9-15(25)22(32)16(26)10-13/h2-10,12,32H,11H2,1H3,(H,28,33). The Kier molecular flexibility index (Phi) is 5.47. The molecule has 0 radical (unpaired) electrons. The van der Waals surface area contributed by atoms with Crippen LogP contribution in [0.2, 0.25) is 10.0 Å². The molecule has 0 bridgehead atoms. The SMILES string of the molecule is Cn1nc(Cn2cnc3cccc(NC(=O)c4cc(Cl)c(O)c(Cl)c4)c3c2=O)c2ccccc21. The summed E-state index contributed by atoms with van der Waals surface area (Å²) in [5.74, 6) is -0.846. The molecule has 3 aromatic carbocycles. The van der Waals surface area contributed by atoms with Gasteiger partial charge in [-0.05, 0) is 30.3 Å². The number of phenolic OH excluding ortho intramolecular Hbond substituents is 1. The van der Waals surface area contributed by atoms with Crippen molar-refractivity contribution in [3.8, 4) is 5.75 Å². The van der Waals surface area contributed by atoms with Crippen molar-refractivity contribution in [2.24, 2.45) is 7.05 Å². The number of aromatic nitrogens is 4. The molecule has 0 aliphatic carbocycles. The van der Waals surface area contributed by atoms with Crippen LogP contribution in [0.5, 0.6) is 5.75 Å². The van der Waals surface area contributed by atoms with E-state index < -0.39 is 5.91 Å². The molecule has 2 aromatic heterocycles. The van der Waals surface area contributed by atoms with Crippen LogP contribution < -0.4 is 10.9 Å². The Morgan fingerprint density at radius 2 is 1.82 bits per heavy atom. The van der Waals surface area contributed by atoms with Gasteiger partial charge in [-0.1, -0.05) is 47.5 Å². The summed E-state index contributed by atoms with van der Waals surface area (Å²) in [6.45, 7) is 0.217. The molecular weight excluding hydrogens is 477 g/mol. The molecule has 5 rings (SSSR count). The van der Waals surface area contributed by atoms with E-state index in [0.717, 1.165) is 16.6 Å². The van der Waals surface area contributed by atoms with Gasteiger partial charge < -0.3 is 10.4 Å². The van der Waals surface area contributed by atoms with Crippen molar-refractivity contribution in [1.29, 1.82) is 0 Å². The van der Waals surface area contributed by atoms with E-state index in [1.807, 2.05) is 31.3 Å². The first kappa shape index (κ1) is 21.9. The van der Waals surface area contributed by atoms with E-state index in [9.17, 15) is 14.7 Å². The van der Waals surface area contributed by atoms with E-state index >= 15 is 0 Å². The number of nitrogens with zero attached hydrogens (tertiary/aromatic N) is 4. The number of para-hydroxylation sites is 1. The molecule has 0 aliphatic heterocycles. The number of carbonyl (C=O) groups is 1. The number of anilines is 1. The lowest BCUT2D eigenvalue weighted by Gasteiger charge is -2.11. The van der Waals surface area contributed by atoms with Gasteiger partial charge in [-0.2, -0.15) is 5.10 Å². The zero-order valence-electron chi connectivity index (χ0n) is 17.8. The predicted molar refractivity (Wildman–Crippen MR) is 132 cm³/mol. The molecule has 5 aromatic rings. The van der Waals surface area contributed by atoms with Gasteiger partial charge in [-0.25, -0.2) is 4.98 Å². The lowest BCUT2D eigenvalue weighted by Crippen LogP contribution is -2.23. The number of aryl methyl sites for hydroxylation is 1. The summed E-state index contributed by atoms with van der Waals surface area (Å²) in [4.78, 5) is 30.7. The van der Waals surface area contributed by atoms with Gasteiger partial charge >= 0.3 is 0 Å². The number of hydrogen-bond acceptors (Lipinski definition) is 5. The van der Waals surface area contributed by atoms with Crippen molar-refractivity contribution in [1.82, 2.24) is 19.3 Å². The minimum absolute atomic E-state index is 0.0535. The Hall–Kier alpha value is -3.88. The second kappa shape index (κ2) is 8.48. The summed E-state index contributed by atoms with van der Waals surface area (Å²) >= 11 is 11.9. The molecule has 0 saturated heterocycles. The highest BCUT2D eigenvalue weighted by Gasteiger charge is 2.17. The highest BCUT2D eigenvalue weighted by atomic mass is 35.5. The maximum absolute atomic E-state index is 13.4. The van der Waals surface area contributed by atoms with E-state index in [2.05, 4.69) is 15.4 Å². The van der Waals surface area contributed by atoms with Crippen molar-refractivity contribution >= 4 is 56.6 Å². The number of amides is 1. The lowest BCUT2D eigenvalue weighted by molar-refractivity contribution is 0.102. The number of fused-ring (bicyclic) bond motifs is 2. The number of nitrogens with one attached hydrogen (secondary N) is 1. The summed E-state index contributed by atoms with van der Waals surface area (Å²) in [6.07, 6.45) is 1.47. The van der Waals surface area contributed by atoms with Gasteiger partial charge in [0.05, 0.1) is 50.7 Å². The Bertz CT molecular complexity index is 1640. The molecule has 0 fully saturated rings. The zero-order chi connectivity index (χ0) is 24.0. The number of phenols is 1. The molecule has 0 unspecified atom stereocenters. The highest BCUT2D eigenvalue weighted by Crippen LogP contribution is 2.33. The molecule has 1 amide bonds. The summed E-state index contributed by atoms with van der Waals surface area (Å²) < 4.78 is 3.23. The van der Waals surface area contributed by atoms with Crippen molar-refractivity contribution in [2.45, 2.75) is 6.54 Å². The van der Waals surface area contributed by atoms with Gasteiger partial charge in [0.2, 0.25) is 0 Å². The summed E-state index contributed by atoms with van der Waals surface area (Å²) in [5, 5.41) is 18.1. The molecular formula is C24H17Cl2N5O3. The van der Waals surface area contributed by atoms with Crippen molar-refractivity contribution < 1.29 is 9.90 Å². The van der Waals surface area contributed by atoms with Crippen LogP contribution in [0.4, 0.5) is 5.69 Å².